The molecule has 102 valence electrons. The molecule has 1 unspecified atom stereocenters. The fourth-order valence-electron chi connectivity index (χ4n) is 2.85. The lowest BCUT2D eigenvalue weighted by molar-refractivity contribution is 0.0697. The van der Waals surface area contributed by atoms with Gasteiger partial charge < -0.3 is 5.11 Å². The first kappa shape index (κ1) is 13.1. The van der Waals surface area contributed by atoms with Crippen LogP contribution in [0.4, 0.5) is 0 Å². The Balaban J connectivity index is 2.04. The first-order valence-corrected chi connectivity index (χ1v) is 7.01. The molecule has 0 fully saturated rings. The predicted molar refractivity (Wildman–Crippen MR) is 77.4 cm³/mol. The van der Waals surface area contributed by atoms with Gasteiger partial charge in [0.2, 0.25) is 0 Å². The topological polar surface area (TPSA) is 50.2 Å². The van der Waals surface area contributed by atoms with E-state index in [9.17, 15) is 4.79 Å². The van der Waals surface area contributed by atoms with E-state index < -0.39 is 5.97 Å². The fraction of sp³-hybridized carbons (Fsp3) is 0.250. The second-order valence-corrected chi connectivity index (χ2v) is 5.44. The van der Waals surface area contributed by atoms with Gasteiger partial charge in [-0.15, -0.1) is 0 Å². The molecule has 0 aliphatic heterocycles. The van der Waals surface area contributed by atoms with Crippen LogP contribution in [-0.4, -0.2) is 16.1 Å². The van der Waals surface area contributed by atoms with Crippen LogP contribution in [0.5, 0.6) is 0 Å². The summed E-state index contributed by atoms with van der Waals surface area (Å²) in [4.78, 5) is 15.5. The smallest absolute Gasteiger partial charge is 0.335 e. The molecule has 1 aromatic carbocycles. The van der Waals surface area contributed by atoms with E-state index in [0.717, 1.165) is 30.5 Å². The van der Waals surface area contributed by atoms with Crippen molar-refractivity contribution in [2.45, 2.75) is 25.2 Å². The lowest BCUT2D eigenvalue weighted by Gasteiger charge is -2.25. The average molecular weight is 288 g/mol. The van der Waals surface area contributed by atoms with E-state index in [1.165, 1.54) is 11.6 Å². The van der Waals surface area contributed by atoms with E-state index in [-0.39, 0.29) is 11.5 Å². The van der Waals surface area contributed by atoms with Crippen molar-refractivity contribution in [3.05, 3.63) is 63.9 Å². The van der Waals surface area contributed by atoms with Crippen molar-refractivity contribution >= 4 is 17.6 Å². The molecule has 1 aliphatic rings. The van der Waals surface area contributed by atoms with Gasteiger partial charge >= 0.3 is 5.97 Å². The van der Waals surface area contributed by atoms with Crippen LogP contribution in [0.25, 0.3) is 0 Å². The van der Waals surface area contributed by atoms with Gasteiger partial charge in [0.25, 0.3) is 0 Å². The number of aryl methyl sites for hydroxylation is 1. The molecular formula is C16H14ClNO2. The van der Waals surface area contributed by atoms with Gasteiger partial charge in [0.15, 0.2) is 0 Å². The van der Waals surface area contributed by atoms with Gasteiger partial charge in [-0.1, -0.05) is 23.7 Å². The number of pyridine rings is 1. The summed E-state index contributed by atoms with van der Waals surface area (Å²) in [6.07, 6.45) is 4.94. The maximum atomic E-state index is 11.0. The molecule has 0 spiro atoms. The Morgan fingerprint density at radius 3 is 2.95 bits per heavy atom. The number of halogens is 1. The Morgan fingerprint density at radius 2 is 2.20 bits per heavy atom. The van der Waals surface area contributed by atoms with Crippen molar-refractivity contribution in [2.75, 3.05) is 0 Å². The highest BCUT2D eigenvalue weighted by Crippen LogP contribution is 2.38. The summed E-state index contributed by atoms with van der Waals surface area (Å²) in [6.45, 7) is 0. The number of rotatable bonds is 2. The number of aromatic carboxylic acids is 1. The predicted octanol–water partition coefficient (Wildman–Crippen LogP) is 3.90. The van der Waals surface area contributed by atoms with Crippen LogP contribution >= 0.6 is 11.6 Å². The molecular weight excluding hydrogens is 274 g/mol. The third-order valence-electron chi connectivity index (χ3n) is 3.82. The van der Waals surface area contributed by atoms with Crippen molar-refractivity contribution in [3.63, 3.8) is 0 Å². The molecule has 4 heteroatoms. The summed E-state index contributed by atoms with van der Waals surface area (Å²) in [5.74, 6) is -0.795. The summed E-state index contributed by atoms with van der Waals surface area (Å²) < 4.78 is 0. The Morgan fingerprint density at radius 1 is 1.35 bits per heavy atom. The lowest BCUT2D eigenvalue weighted by atomic mass is 9.82. The van der Waals surface area contributed by atoms with Gasteiger partial charge in [-0.3, -0.25) is 4.98 Å². The van der Waals surface area contributed by atoms with Gasteiger partial charge in [-0.05, 0) is 48.6 Å². The van der Waals surface area contributed by atoms with Crippen LogP contribution < -0.4 is 0 Å². The number of carboxylic acids is 1. The quantitative estimate of drug-likeness (QED) is 0.911. The number of nitrogens with zero attached hydrogens (tertiary/aromatic N) is 1. The molecule has 3 rings (SSSR count). The summed E-state index contributed by atoms with van der Waals surface area (Å²) in [6, 6.07) is 9.02. The van der Waals surface area contributed by atoms with Crippen molar-refractivity contribution in [2.24, 2.45) is 0 Å². The minimum atomic E-state index is -0.958. The molecule has 1 atom stereocenters. The number of aromatic nitrogens is 1. The minimum Gasteiger partial charge on any atom is -0.478 e. The molecule has 20 heavy (non-hydrogen) atoms. The van der Waals surface area contributed by atoms with E-state index >= 15 is 0 Å². The third kappa shape index (κ3) is 2.29. The van der Waals surface area contributed by atoms with E-state index in [1.807, 2.05) is 12.1 Å². The van der Waals surface area contributed by atoms with E-state index in [4.69, 9.17) is 16.7 Å². The van der Waals surface area contributed by atoms with Crippen molar-refractivity contribution in [1.82, 2.24) is 4.98 Å². The number of carbonyl (C=O) groups is 1. The highest BCUT2D eigenvalue weighted by atomic mass is 35.5. The van der Waals surface area contributed by atoms with Crippen LogP contribution in [0.15, 0.2) is 36.5 Å². The molecule has 0 amide bonds. The maximum absolute atomic E-state index is 11.0. The average Bonchev–Trinajstić information content (AvgIpc) is 2.46. The van der Waals surface area contributed by atoms with Crippen LogP contribution in [0.1, 0.15) is 45.9 Å². The lowest BCUT2D eigenvalue weighted by Crippen LogP contribution is -2.13. The van der Waals surface area contributed by atoms with Crippen LogP contribution in [0.3, 0.4) is 0 Å². The zero-order valence-electron chi connectivity index (χ0n) is 10.8. The van der Waals surface area contributed by atoms with Gasteiger partial charge in [0.05, 0.1) is 11.3 Å². The second-order valence-electron chi connectivity index (χ2n) is 5.03. The van der Waals surface area contributed by atoms with Gasteiger partial charge in [0, 0.05) is 17.1 Å². The highest BCUT2D eigenvalue weighted by molar-refractivity contribution is 6.31. The fourth-order valence-corrected chi connectivity index (χ4v) is 3.17. The Kier molecular flexibility index (Phi) is 3.45. The summed E-state index contributed by atoms with van der Waals surface area (Å²) >= 11 is 6.28. The van der Waals surface area contributed by atoms with Crippen LogP contribution in [-0.2, 0) is 6.42 Å². The number of hydrogen-bond donors (Lipinski definition) is 1. The van der Waals surface area contributed by atoms with Crippen molar-refractivity contribution in [1.29, 1.82) is 0 Å². The summed E-state index contributed by atoms with van der Waals surface area (Å²) in [5.41, 5.74) is 3.53. The molecule has 0 saturated carbocycles. The van der Waals surface area contributed by atoms with Crippen molar-refractivity contribution in [3.8, 4) is 0 Å². The molecule has 3 nitrogen and oxygen atoms in total. The molecule has 1 N–H and O–H groups in total. The van der Waals surface area contributed by atoms with Crippen LogP contribution in [0, 0.1) is 0 Å². The number of benzene rings is 1. The second kappa shape index (κ2) is 5.25. The van der Waals surface area contributed by atoms with Crippen molar-refractivity contribution < 1.29 is 9.90 Å². The minimum absolute atomic E-state index is 0.162. The van der Waals surface area contributed by atoms with E-state index in [2.05, 4.69) is 11.1 Å². The zero-order chi connectivity index (χ0) is 14.1. The molecule has 2 aromatic rings. The Labute approximate surface area is 122 Å². The number of carboxylic acid groups (broad SMARTS) is 1. The molecule has 1 heterocycles. The summed E-state index contributed by atoms with van der Waals surface area (Å²) in [5, 5.41) is 9.51. The molecule has 1 aromatic heterocycles. The summed E-state index contributed by atoms with van der Waals surface area (Å²) in [7, 11) is 0. The Hall–Kier alpha value is -1.87. The van der Waals surface area contributed by atoms with Gasteiger partial charge in [0.1, 0.15) is 0 Å². The van der Waals surface area contributed by atoms with Gasteiger partial charge in [-0.2, -0.15) is 0 Å². The molecule has 0 radical (unpaired) electrons. The molecule has 0 saturated heterocycles. The van der Waals surface area contributed by atoms with E-state index in [1.54, 1.807) is 12.3 Å². The molecule has 0 bridgehead atoms. The van der Waals surface area contributed by atoms with Crippen LogP contribution in [0.2, 0.25) is 5.02 Å². The Bertz CT molecular complexity index is 669. The SMILES string of the molecule is O=C(O)c1ccc(C2CCCc3cccnc32)c(Cl)c1. The zero-order valence-corrected chi connectivity index (χ0v) is 11.6. The van der Waals surface area contributed by atoms with Gasteiger partial charge in [-0.25, -0.2) is 4.79 Å². The third-order valence-corrected chi connectivity index (χ3v) is 4.15. The highest BCUT2D eigenvalue weighted by Gasteiger charge is 2.25. The monoisotopic (exact) mass is 287 g/mol. The first-order chi connectivity index (χ1) is 9.66. The molecule has 1 aliphatic carbocycles. The number of hydrogen-bond acceptors (Lipinski definition) is 2. The normalized spacial score (nSPS) is 17.6. The largest absolute Gasteiger partial charge is 0.478 e. The maximum Gasteiger partial charge on any atom is 0.335 e. The number of fused-ring (bicyclic) bond motifs is 1. The van der Waals surface area contributed by atoms with E-state index in [0.29, 0.717) is 5.02 Å². The first-order valence-electron chi connectivity index (χ1n) is 6.63. The standard InChI is InChI=1S/C16H14ClNO2/c17-14-9-11(16(19)20)6-7-12(14)13-5-1-3-10-4-2-8-18-15(10)13/h2,4,6-9,13H,1,3,5H2,(H,19,20).